The number of rotatable bonds is 6. The van der Waals surface area contributed by atoms with Crippen LogP contribution in [0.3, 0.4) is 0 Å². The molecular weight excluding hydrogens is 438 g/mol. The first-order valence-electron chi connectivity index (χ1n) is 10.2. The number of benzene rings is 3. The molecular formula is C25H23N3O4S. The van der Waals surface area contributed by atoms with Crippen molar-refractivity contribution in [1.82, 2.24) is 4.98 Å². The largest absolute Gasteiger partial charge is 0.496 e. The minimum atomic E-state index is -3.83. The molecule has 2 N–H and O–H groups in total. The molecule has 0 aliphatic heterocycles. The average molecular weight is 462 g/mol. The molecule has 0 saturated heterocycles. The second-order valence-electron chi connectivity index (χ2n) is 7.62. The van der Waals surface area contributed by atoms with Crippen LogP contribution in [0.1, 0.15) is 12.5 Å². The molecule has 4 aromatic rings. The second-order valence-corrected chi connectivity index (χ2v) is 9.30. The van der Waals surface area contributed by atoms with E-state index in [1.165, 1.54) is 31.2 Å². The van der Waals surface area contributed by atoms with Gasteiger partial charge in [-0.15, -0.1) is 0 Å². The van der Waals surface area contributed by atoms with Crippen LogP contribution < -0.4 is 14.8 Å². The number of aryl methyl sites for hydroxylation is 1. The Bertz CT molecular complexity index is 1430. The van der Waals surface area contributed by atoms with Crippen LogP contribution in [0.5, 0.6) is 5.75 Å². The predicted octanol–water partition coefficient (Wildman–Crippen LogP) is 4.98. The average Bonchev–Trinajstić information content (AvgIpc) is 2.78. The van der Waals surface area contributed by atoms with Crippen LogP contribution in [0.25, 0.3) is 22.2 Å². The number of nitrogens with zero attached hydrogens (tertiary/aromatic N) is 1. The molecule has 3 aromatic carbocycles. The highest BCUT2D eigenvalue weighted by molar-refractivity contribution is 7.92. The fourth-order valence-electron chi connectivity index (χ4n) is 3.43. The van der Waals surface area contributed by atoms with Crippen molar-refractivity contribution in [2.24, 2.45) is 0 Å². The normalized spacial score (nSPS) is 11.2. The molecule has 0 radical (unpaired) electrons. The minimum absolute atomic E-state index is 0.0801. The smallest absolute Gasteiger partial charge is 0.261 e. The lowest BCUT2D eigenvalue weighted by Crippen LogP contribution is -2.13. The third-order valence-electron chi connectivity index (χ3n) is 5.08. The Hall–Kier alpha value is -3.91. The zero-order valence-electron chi connectivity index (χ0n) is 18.4. The molecule has 0 atom stereocenters. The lowest BCUT2D eigenvalue weighted by Gasteiger charge is -2.12. The van der Waals surface area contributed by atoms with Crippen molar-refractivity contribution in [2.45, 2.75) is 18.7 Å². The monoisotopic (exact) mass is 461 g/mol. The molecule has 0 unspecified atom stereocenters. The standard InChI is InChI=1S/C25H23N3O4S/c1-16-4-6-18(7-5-16)24-15-25(32-3)22-14-20(10-13-23(22)27-24)28-33(30,31)21-11-8-19(9-12-21)26-17(2)29/h4-15,28H,1-3H3,(H,26,29). The Morgan fingerprint density at radius 3 is 2.21 bits per heavy atom. The Kier molecular flexibility index (Phi) is 6.02. The van der Waals surface area contributed by atoms with Gasteiger partial charge in [0.25, 0.3) is 10.0 Å². The highest BCUT2D eigenvalue weighted by atomic mass is 32.2. The van der Waals surface area contributed by atoms with Crippen LogP contribution in [-0.4, -0.2) is 26.4 Å². The molecule has 0 saturated carbocycles. The van der Waals surface area contributed by atoms with Gasteiger partial charge in [-0.3, -0.25) is 9.52 Å². The van der Waals surface area contributed by atoms with Crippen molar-refractivity contribution < 1.29 is 17.9 Å². The Balaban J connectivity index is 1.65. The summed E-state index contributed by atoms with van der Waals surface area (Å²) in [6.45, 7) is 3.41. The Morgan fingerprint density at radius 1 is 0.909 bits per heavy atom. The second kappa shape index (κ2) is 8.91. The molecule has 8 heteroatoms. The number of fused-ring (bicyclic) bond motifs is 1. The predicted molar refractivity (Wildman–Crippen MR) is 130 cm³/mol. The summed E-state index contributed by atoms with van der Waals surface area (Å²) >= 11 is 0. The summed E-state index contributed by atoms with van der Waals surface area (Å²) in [7, 11) is -2.26. The van der Waals surface area contributed by atoms with Gasteiger partial charge in [0.2, 0.25) is 5.91 Å². The molecule has 0 spiro atoms. The van der Waals surface area contributed by atoms with E-state index in [0.29, 0.717) is 28.0 Å². The zero-order chi connectivity index (χ0) is 23.6. The van der Waals surface area contributed by atoms with Crippen molar-refractivity contribution in [3.05, 3.63) is 78.4 Å². The number of ether oxygens (including phenoxy) is 1. The summed E-state index contributed by atoms with van der Waals surface area (Å²) in [6, 6.07) is 21.0. The van der Waals surface area contributed by atoms with Gasteiger partial charge in [0.05, 0.1) is 23.2 Å². The van der Waals surface area contributed by atoms with E-state index in [1.807, 2.05) is 37.3 Å². The fraction of sp³-hybridized carbons (Fsp3) is 0.120. The van der Waals surface area contributed by atoms with Crippen molar-refractivity contribution in [3.63, 3.8) is 0 Å². The number of nitrogens with one attached hydrogen (secondary N) is 2. The van der Waals surface area contributed by atoms with Crippen LogP contribution >= 0.6 is 0 Å². The molecule has 1 amide bonds. The van der Waals surface area contributed by atoms with Crippen molar-refractivity contribution in [2.75, 3.05) is 17.1 Å². The van der Waals surface area contributed by atoms with E-state index in [2.05, 4.69) is 10.0 Å². The van der Waals surface area contributed by atoms with Crippen LogP contribution in [0.4, 0.5) is 11.4 Å². The first kappa shape index (κ1) is 22.3. The van der Waals surface area contributed by atoms with Crippen molar-refractivity contribution in [3.8, 4) is 17.0 Å². The number of pyridine rings is 1. The lowest BCUT2D eigenvalue weighted by atomic mass is 10.1. The van der Waals surface area contributed by atoms with Gasteiger partial charge >= 0.3 is 0 Å². The van der Waals surface area contributed by atoms with Gasteiger partial charge < -0.3 is 10.1 Å². The number of anilines is 2. The molecule has 0 fully saturated rings. The molecule has 33 heavy (non-hydrogen) atoms. The number of methoxy groups -OCH3 is 1. The number of amides is 1. The van der Waals surface area contributed by atoms with Gasteiger partial charge in [-0.25, -0.2) is 13.4 Å². The minimum Gasteiger partial charge on any atom is -0.496 e. The van der Waals surface area contributed by atoms with Crippen LogP contribution in [-0.2, 0) is 14.8 Å². The zero-order valence-corrected chi connectivity index (χ0v) is 19.2. The first-order valence-corrected chi connectivity index (χ1v) is 11.7. The van der Waals surface area contributed by atoms with Crippen molar-refractivity contribution in [1.29, 1.82) is 0 Å². The van der Waals surface area contributed by atoms with E-state index in [-0.39, 0.29) is 10.8 Å². The summed E-state index contributed by atoms with van der Waals surface area (Å²) in [5.74, 6) is 0.365. The lowest BCUT2D eigenvalue weighted by molar-refractivity contribution is -0.114. The van der Waals surface area contributed by atoms with Gasteiger partial charge in [-0.1, -0.05) is 29.8 Å². The maximum absolute atomic E-state index is 12.8. The molecule has 0 bridgehead atoms. The molecule has 1 heterocycles. The number of hydrogen-bond donors (Lipinski definition) is 2. The molecule has 1 aromatic heterocycles. The SMILES string of the molecule is COc1cc(-c2ccc(C)cc2)nc2ccc(NS(=O)(=O)c3ccc(NC(C)=O)cc3)cc12. The topological polar surface area (TPSA) is 97.4 Å². The van der Waals surface area contributed by atoms with Crippen LogP contribution in [0, 0.1) is 6.92 Å². The van der Waals surface area contributed by atoms with E-state index < -0.39 is 10.0 Å². The van der Waals surface area contributed by atoms with Gasteiger partial charge in [0.15, 0.2) is 0 Å². The first-order chi connectivity index (χ1) is 15.7. The maximum atomic E-state index is 12.8. The number of aromatic nitrogens is 1. The van der Waals surface area contributed by atoms with Crippen LogP contribution in [0.15, 0.2) is 77.7 Å². The molecule has 0 aliphatic carbocycles. The van der Waals surface area contributed by atoms with Gasteiger partial charge in [0, 0.05) is 35.3 Å². The van der Waals surface area contributed by atoms with E-state index >= 15 is 0 Å². The number of hydrogen-bond acceptors (Lipinski definition) is 5. The summed E-state index contributed by atoms with van der Waals surface area (Å²) in [6.07, 6.45) is 0. The highest BCUT2D eigenvalue weighted by Crippen LogP contribution is 2.32. The number of carbonyl (C=O) groups is 1. The highest BCUT2D eigenvalue weighted by Gasteiger charge is 2.16. The summed E-state index contributed by atoms with van der Waals surface area (Å²) in [5.41, 5.74) is 4.49. The molecule has 168 valence electrons. The quantitative estimate of drug-likeness (QED) is 0.422. The van der Waals surface area contributed by atoms with Gasteiger partial charge in [-0.2, -0.15) is 0 Å². The maximum Gasteiger partial charge on any atom is 0.261 e. The van der Waals surface area contributed by atoms with Gasteiger partial charge in [0.1, 0.15) is 5.75 Å². The Labute approximate surface area is 192 Å². The number of sulfonamides is 1. The summed E-state index contributed by atoms with van der Waals surface area (Å²) < 4.78 is 33.9. The number of carbonyl (C=O) groups excluding carboxylic acids is 1. The third-order valence-corrected chi connectivity index (χ3v) is 6.47. The van der Waals surface area contributed by atoms with E-state index in [9.17, 15) is 13.2 Å². The molecule has 4 rings (SSSR count). The Morgan fingerprint density at radius 2 is 1.58 bits per heavy atom. The summed E-state index contributed by atoms with van der Waals surface area (Å²) in [5, 5.41) is 3.30. The van der Waals surface area contributed by atoms with Crippen LogP contribution in [0.2, 0.25) is 0 Å². The molecule has 0 aliphatic rings. The van der Waals surface area contributed by atoms with E-state index in [4.69, 9.17) is 9.72 Å². The molecule has 7 nitrogen and oxygen atoms in total. The van der Waals surface area contributed by atoms with Crippen molar-refractivity contribution >= 4 is 38.2 Å². The van der Waals surface area contributed by atoms with E-state index in [1.54, 1.807) is 25.3 Å². The van der Waals surface area contributed by atoms with Gasteiger partial charge in [-0.05, 0) is 49.4 Å². The third kappa shape index (κ3) is 4.96. The summed E-state index contributed by atoms with van der Waals surface area (Å²) in [4.78, 5) is 16.0. The fourth-order valence-corrected chi connectivity index (χ4v) is 4.48. The van der Waals surface area contributed by atoms with E-state index in [0.717, 1.165) is 16.8 Å².